The molecule has 0 spiro atoms. The van der Waals surface area contributed by atoms with Crippen molar-refractivity contribution in [3.8, 4) is 0 Å². The maximum Gasteiger partial charge on any atom is 0.269 e. The molecule has 0 bridgehead atoms. The Balaban J connectivity index is 1.61. The number of hydrogen-bond acceptors (Lipinski definition) is 4. The fourth-order valence-corrected chi connectivity index (χ4v) is 3.66. The highest BCUT2D eigenvalue weighted by molar-refractivity contribution is 8.00. The molecule has 1 N–H and O–H groups in total. The lowest BCUT2D eigenvalue weighted by molar-refractivity contribution is -0.384. The van der Waals surface area contributed by atoms with Crippen molar-refractivity contribution >= 4 is 29.0 Å². The van der Waals surface area contributed by atoms with Crippen LogP contribution in [-0.4, -0.2) is 16.1 Å². The first-order valence-corrected chi connectivity index (χ1v) is 8.74. The van der Waals surface area contributed by atoms with E-state index < -0.39 is 4.92 Å². The minimum Gasteiger partial charge on any atom is -0.325 e. The van der Waals surface area contributed by atoms with E-state index >= 15 is 0 Å². The van der Waals surface area contributed by atoms with E-state index in [-0.39, 0.29) is 16.8 Å². The molecule has 124 valence electrons. The van der Waals surface area contributed by atoms with Gasteiger partial charge in [0.1, 0.15) is 0 Å². The molecule has 0 aliphatic heterocycles. The van der Waals surface area contributed by atoms with Gasteiger partial charge in [-0.25, -0.2) is 0 Å². The summed E-state index contributed by atoms with van der Waals surface area (Å²) in [5, 5.41) is 13.3. The van der Waals surface area contributed by atoms with Crippen LogP contribution in [0.1, 0.15) is 24.5 Å². The van der Waals surface area contributed by atoms with Crippen LogP contribution in [0.15, 0.2) is 47.4 Å². The molecule has 1 aliphatic carbocycles. The number of nitrogens with zero attached hydrogens (tertiary/aromatic N) is 1. The van der Waals surface area contributed by atoms with Crippen molar-refractivity contribution in [3.63, 3.8) is 0 Å². The van der Waals surface area contributed by atoms with Crippen LogP contribution in [0.4, 0.5) is 11.4 Å². The lowest BCUT2D eigenvalue weighted by Gasteiger charge is -2.13. The molecule has 0 unspecified atom stereocenters. The molecule has 2 aromatic rings. The van der Waals surface area contributed by atoms with Gasteiger partial charge in [0, 0.05) is 22.7 Å². The van der Waals surface area contributed by atoms with Crippen molar-refractivity contribution in [2.45, 2.75) is 36.3 Å². The Bertz CT molecular complexity index is 774. The molecular weight excluding hydrogens is 324 g/mol. The number of hydrogen-bond donors (Lipinski definition) is 1. The van der Waals surface area contributed by atoms with Crippen LogP contribution in [0.3, 0.4) is 0 Å². The number of aryl methyl sites for hydroxylation is 2. The van der Waals surface area contributed by atoms with Gasteiger partial charge in [-0.2, -0.15) is 0 Å². The summed E-state index contributed by atoms with van der Waals surface area (Å²) in [5.41, 5.74) is 3.58. The van der Waals surface area contributed by atoms with Crippen LogP contribution in [-0.2, 0) is 17.6 Å². The first-order valence-electron chi connectivity index (χ1n) is 7.87. The van der Waals surface area contributed by atoms with E-state index in [0.717, 1.165) is 23.4 Å². The summed E-state index contributed by atoms with van der Waals surface area (Å²) in [7, 11) is 0. The van der Waals surface area contributed by atoms with E-state index in [9.17, 15) is 14.9 Å². The predicted molar refractivity (Wildman–Crippen MR) is 95.5 cm³/mol. The number of amides is 1. The van der Waals surface area contributed by atoms with Crippen LogP contribution in [0.2, 0.25) is 0 Å². The molecule has 0 radical (unpaired) electrons. The minimum atomic E-state index is -0.432. The fourth-order valence-electron chi connectivity index (χ4n) is 2.80. The van der Waals surface area contributed by atoms with Crippen LogP contribution >= 0.6 is 11.8 Å². The Kier molecular flexibility index (Phi) is 4.85. The zero-order valence-electron chi connectivity index (χ0n) is 13.3. The number of carbonyl (C=O) groups is 1. The molecule has 1 aliphatic rings. The van der Waals surface area contributed by atoms with E-state index in [2.05, 4.69) is 17.4 Å². The van der Waals surface area contributed by atoms with Gasteiger partial charge in [-0.1, -0.05) is 6.07 Å². The topological polar surface area (TPSA) is 72.2 Å². The second kappa shape index (κ2) is 7.05. The average molecular weight is 342 g/mol. The molecule has 5 nitrogen and oxygen atoms in total. The van der Waals surface area contributed by atoms with Crippen molar-refractivity contribution in [3.05, 3.63) is 63.7 Å². The zero-order valence-corrected chi connectivity index (χ0v) is 14.1. The monoisotopic (exact) mass is 342 g/mol. The van der Waals surface area contributed by atoms with Gasteiger partial charge in [-0.15, -0.1) is 11.8 Å². The van der Waals surface area contributed by atoms with Crippen molar-refractivity contribution in [1.29, 1.82) is 0 Å². The summed E-state index contributed by atoms with van der Waals surface area (Å²) in [6, 6.07) is 12.3. The number of rotatable bonds is 5. The summed E-state index contributed by atoms with van der Waals surface area (Å²) in [4.78, 5) is 23.4. The summed E-state index contributed by atoms with van der Waals surface area (Å²) in [5.74, 6) is -0.0729. The highest BCUT2D eigenvalue weighted by atomic mass is 32.2. The maximum atomic E-state index is 12.4. The number of nitro benzene ring substituents is 1. The van der Waals surface area contributed by atoms with Crippen LogP contribution in [0.5, 0.6) is 0 Å². The Hall–Kier alpha value is -2.34. The van der Waals surface area contributed by atoms with Gasteiger partial charge >= 0.3 is 0 Å². The van der Waals surface area contributed by atoms with Gasteiger partial charge in [0.25, 0.3) is 5.69 Å². The second-order valence-electron chi connectivity index (χ2n) is 5.84. The predicted octanol–water partition coefficient (Wildman–Crippen LogP) is 4.20. The molecule has 24 heavy (non-hydrogen) atoms. The van der Waals surface area contributed by atoms with Gasteiger partial charge in [0.05, 0.1) is 10.2 Å². The zero-order chi connectivity index (χ0) is 17.1. The van der Waals surface area contributed by atoms with Gasteiger partial charge < -0.3 is 5.32 Å². The largest absolute Gasteiger partial charge is 0.325 e. The SMILES string of the molecule is C[C@H](Sc1ccc([N+](=O)[O-])cc1)C(=O)Nc1ccc2c(c1)CCC2. The molecular formula is C18H18N2O3S. The molecule has 0 saturated carbocycles. The Morgan fingerprint density at radius 3 is 2.58 bits per heavy atom. The molecule has 0 saturated heterocycles. The Morgan fingerprint density at radius 1 is 1.17 bits per heavy atom. The first-order chi connectivity index (χ1) is 11.5. The standard InChI is InChI=1S/C18H18N2O3S/c1-12(24-17-9-7-16(8-10-17)20(22)23)18(21)19-15-6-5-13-3-2-4-14(13)11-15/h5-12H,2-4H2,1H3,(H,19,21)/t12-/m0/s1. The maximum absolute atomic E-state index is 12.4. The first kappa shape index (κ1) is 16.5. The van der Waals surface area contributed by atoms with Crippen molar-refractivity contribution in [2.24, 2.45) is 0 Å². The second-order valence-corrected chi connectivity index (χ2v) is 7.25. The molecule has 3 rings (SSSR count). The third kappa shape index (κ3) is 3.76. The van der Waals surface area contributed by atoms with E-state index in [0.29, 0.717) is 0 Å². The van der Waals surface area contributed by atoms with Gasteiger partial charge in [-0.05, 0) is 61.6 Å². The molecule has 0 heterocycles. The van der Waals surface area contributed by atoms with Crippen LogP contribution < -0.4 is 5.32 Å². The van der Waals surface area contributed by atoms with Crippen molar-refractivity contribution < 1.29 is 9.72 Å². The normalized spacial score (nSPS) is 14.0. The molecule has 2 aromatic carbocycles. The van der Waals surface area contributed by atoms with Gasteiger partial charge in [0.2, 0.25) is 5.91 Å². The lowest BCUT2D eigenvalue weighted by Crippen LogP contribution is -2.22. The number of fused-ring (bicyclic) bond motifs is 1. The fraction of sp³-hybridized carbons (Fsp3) is 0.278. The van der Waals surface area contributed by atoms with Crippen LogP contribution in [0.25, 0.3) is 0 Å². The van der Waals surface area contributed by atoms with E-state index in [4.69, 9.17) is 0 Å². The Morgan fingerprint density at radius 2 is 1.88 bits per heavy atom. The quantitative estimate of drug-likeness (QED) is 0.502. The summed E-state index contributed by atoms with van der Waals surface area (Å²) in [6.07, 6.45) is 3.38. The minimum absolute atomic E-state index is 0.0506. The van der Waals surface area contributed by atoms with Crippen molar-refractivity contribution in [2.75, 3.05) is 5.32 Å². The van der Waals surface area contributed by atoms with Crippen LogP contribution in [0, 0.1) is 10.1 Å². The number of thioether (sulfide) groups is 1. The number of benzene rings is 2. The number of carbonyl (C=O) groups excluding carboxylic acids is 1. The van der Waals surface area contributed by atoms with E-state index in [1.54, 1.807) is 12.1 Å². The summed E-state index contributed by atoms with van der Waals surface area (Å²) < 4.78 is 0. The molecule has 1 amide bonds. The van der Waals surface area contributed by atoms with E-state index in [1.165, 1.54) is 41.4 Å². The van der Waals surface area contributed by atoms with Crippen molar-refractivity contribution in [1.82, 2.24) is 0 Å². The third-order valence-electron chi connectivity index (χ3n) is 4.10. The number of nitro groups is 1. The average Bonchev–Trinajstić information content (AvgIpc) is 3.03. The highest BCUT2D eigenvalue weighted by Gasteiger charge is 2.17. The molecule has 0 fully saturated rings. The molecule has 0 aromatic heterocycles. The highest BCUT2D eigenvalue weighted by Crippen LogP contribution is 2.28. The molecule has 1 atom stereocenters. The smallest absolute Gasteiger partial charge is 0.269 e. The van der Waals surface area contributed by atoms with Gasteiger partial charge in [0.15, 0.2) is 0 Å². The number of nitrogens with one attached hydrogen (secondary N) is 1. The molecule has 6 heteroatoms. The third-order valence-corrected chi connectivity index (χ3v) is 5.21. The lowest BCUT2D eigenvalue weighted by atomic mass is 10.1. The van der Waals surface area contributed by atoms with E-state index in [1.807, 2.05) is 13.0 Å². The van der Waals surface area contributed by atoms with Gasteiger partial charge in [-0.3, -0.25) is 14.9 Å². The Labute approximate surface area is 144 Å². The summed E-state index contributed by atoms with van der Waals surface area (Å²) >= 11 is 1.38. The summed E-state index contributed by atoms with van der Waals surface area (Å²) in [6.45, 7) is 1.83. The number of non-ortho nitro benzene ring substituents is 1. The number of anilines is 1.